The predicted molar refractivity (Wildman–Crippen MR) is 76.7 cm³/mol. The average molecular weight is 264 g/mol. The second kappa shape index (κ2) is 4.74. The first-order valence-corrected chi connectivity index (χ1v) is 6.21. The third-order valence-electron chi connectivity index (χ3n) is 3.08. The van der Waals surface area contributed by atoms with E-state index in [-0.39, 0.29) is 5.69 Å². The Kier molecular flexibility index (Phi) is 2.91. The smallest absolute Gasteiger partial charge is 0.354 e. The van der Waals surface area contributed by atoms with E-state index in [0.29, 0.717) is 11.5 Å². The number of nitrogens with zero attached hydrogens (tertiary/aromatic N) is 2. The van der Waals surface area contributed by atoms with Crippen molar-refractivity contribution in [2.45, 2.75) is 6.92 Å². The molecule has 0 aliphatic rings. The molecule has 0 aliphatic carbocycles. The van der Waals surface area contributed by atoms with E-state index in [1.54, 1.807) is 6.92 Å². The number of benzene rings is 2. The molecular weight excluding hydrogens is 252 g/mol. The zero-order valence-corrected chi connectivity index (χ0v) is 10.9. The first-order valence-electron chi connectivity index (χ1n) is 6.21. The maximum absolute atomic E-state index is 11.1. The number of hydrogen-bond acceptors (Lipinski definition) is 3. The summed E-state index contributed by atoms with van der Waals surface area (Å²) in [7, 11) is 0. The van der Waals surface area contributed by atoms with Crippen LogP contribution < -0.4 is 0 Å². The summed E-state index contributed by atoms with van der Waals surface area (Å²) in [5, 5.41) is 11.3. The van der Waals surface area contributed by atoms with Crippen molar-refractivity contribution in [2.75, 3.05) is 0 Å². The molecule has 0 radical (unpaired) electrons. The van der Waals surface area contributed by atoms with Crippen molar-refractivity contribution in [2.24, 2.45) is 0 Å². The quantitative estimate of drug-likeness (QED) is 0.771. The average Bonchev–Trinajstić information content (AvgIpc) is 2.46. The maximum Gasteiger partial charge on any atom is 0.354 e. The van der Waals surface area contributed by atoms with Gasteiger partial charge in [-0.05, 0) is 29.8 Å². The van der Waals surface area contributed by atoms with Gasteiger partial charge in [0.05, 0.1) is 0 Å². The van der Waals surface area contributed by atoms with Crippen molar-refractivity contribution < 1.29 is 9.90 Å². The van der Waals surface area contributed by atoms with Crippen molar-refractivity contribution in [3.63, 3.8) is 0 Å². The Morgan fingerprint density at radius 2 is 1.75 bits per heavy atom. The molecule has 0 spiro atoms. The maximum atomic E-state index is 11.1. The lowest BCUT2D eigenvalue weighted by Crippen LogP contribution is -2.04. The van der Waals surface area contributed by atoms with Gasteiger partial charge in [0.2, 0.25) is 0 Å². The normalized spacial score (nSPS) is 10.7. The summed E-state index contributed by atoms with van der Waals surface area (Å²) in [6.45, 7) is 1.76. The Bertz CT molecular complexity index is 812. The molecule has 0 saturated heterocycles. The van der Waals surface area contributed by atoms with Crippen LogP contribution in [-0.4, -0.2) is 21.0 Å². The van der Waals surface area contributed by atoms with E-state index in [1.807, 2.05) is 42.5 Å². The van der Waals surface area contributed by atoms with Crippen LogP contribution in [0.2, 0.25) is 0 Å². The lowest BCUT2D eigenvalue weighted by atomic mass is 10.1. The first kappa shape index (κ1) is 12.3. The zero-order chi connectivity index (χ0) is 14.1. The largest absolute Gasteiger partial charge is 0.477 e. The summed E-state index contributed by atoms with van der Waals surface area (Å²) in [6, 6.07) is 15.3. The van der Waals surface area contributed by atoms with Gasteiger partial charge in [0.15, 0.2) is 11.5 Å². The molecule has 4 heteroatoms. The predicted octanol–water partition coefficient (Wildman–Crippen LogP) is 3.30. The number of aryl methyl sites for hydroxylation is 1. The Labute approximate surface area is 115 Å². The SMILES string of the molecule is Cc1cc(C(=O)O)nc(-c2ccc3ccccc3c2)n1. The molecule has 3 aromatic rings. The summed E-state index contributed by atoms with van der Waals surface area (Å²) >= 11 is 0. The van der Waals surface area contributed by atoms with E-state index in [0.717, 1.165) is 16.3 Å². The zero-order valence-electron chi connectivity index (χ0n) is 10.9. The first-order chi connectivity index (χ1) is 9.63. The Hall–Kier alpha value is -2.75. The summed E-state index contributed by atoms with van der Waals surface area (Å²) in [5.74, 6) is -0.606. The molecule has 0 fully saturated rings. The second-order valence-corrected chi connectivity index (χ2v) is 4.59. The van der Waals surface area contributed by atoms with Gasteiger partial charge in [0.1, 0.15) is 0 Å². The fourth-order valence-electron chi connectivity index (χ4n) is 2.14. The fourth-order valence-corrected chi connectivity index (χ4v) is 2.14. The van der Waals surface area contributed by atoms with Gasteiger partial charge in [0, 0.05) is 11.3 Å². The van der Waals surface area contributed by atoms with Crippen molar-refractivity contribution in [1.29, 1.82) is 0 Å². The molecule has 1 heterocycles. The highest BCUT2D eigenvalue weighted by molar-refractivity contribution is 5.88. The van der Waals surface area contributed by atoms with Gasteiger partial charge in [-0.3, -0.25) is 0 Å². The molecule has 20 heavy (non-hydrogen) atoms. The van der Waals surface area contributed by atoms with Crippen LogP contribution in [0.5, 0.6) is 0 Å². The van der Waals surface area contributed by atoms with Crippen LogP contribution >= 0.6 is 0 Å². The summed E-state index contributed by atoms with van der Waals surface area (Å²) in [6.07, 6.45) is 0. The van der Waals surface area contributed by atoms with Crippen molar-refractivity contribution in [3.05, 3.63) is 59.9 Å². The minimum Gasteiger partial charge on any atom is -0.477 e. The summed E-state index contributed by atoms with van der Waals surface area (Å²) in [4.78, 5) is 19.5. The van der Waals surface area contributed by atoms with Gasteiger partial charge in [-0.2, -0.15) is 0 Å². The van der Waals surface area contributed by atoms with E-state index < -0.39 is 5.97 Å². The third kappa shape index (κ3) is 2.23. The van der Waals surface area contributed by atoms with Gasteiger partial charge < -0.3 is 5.11 Å². The van der Waals surface area contributed by atoms with Gasteiger partial charge in [-0.25, -0.2) is 14.8 Å². The van der Waals surface area contributed by atoms with Crippen LogP contribution in [0.25, 0.3) is 22.2 Å². The van der Waals surface area contributed by atoms with Crippen LogP contribution in [-0.2, 0) is 0 Å². The molecule has 0 atom stereocenters. The Morgan fingerprint density at radius 3 is 2.50 bits per heavy atom. The number of hydrogen-bond donors (Lipinski definition) is 1. The number of aromatic nitrogens is 2. The minimum atomic E-state index is -1.04. The number of fused-ring (bicyclic) bond motifs is 1. The van der Waals surface area contributed by atoms with Gasteiger partial charge >= 0.3 is 5.97 Å². The van der Waals surface area contributed by atoms with Crippen molar-refractivity contribution >= 4 is 16.7 Å². The Balaban J connectivity index is 2.17. The topological polar surface area (TPSA) is 63.1 Å². The highest BCUT2D eigenvalue weighted by Gasteiger charge is 2.10. The van der Waals surface area contributed by atoms with Crippen molar-refractivity contribution in [1.82, 2.24) is 9.97 Å². The second-order valence-electron chi connectivity index (χ2n) is 4.59. The molecular formula is C16H12N2O2. The van der Waals surface area contributed by atoms with E-state index in [9.17, 15) is 4.79 Å². The Morgan fingerprint density at radius 1 is 1.00 bits per heavy atom. The summed E-state index contributed by atoms with van der Waals surface area (Å²) < 4.78 is 0. The van der Waals surface area contributed by atoms with Crippen LogP contribution in [0.15, 0.2) is 48.5 Å². The molecule has 98 valence electrons. The molecule has 1 N–H and O–H groups in total. The third-order valence-corrected chi connectivity index (χ3v) is 3.08. The monoisotopic (exact) mass is 264 g/mol. The van der Waals surface area contributed by atoms with E-state index in [2.05, 4.69) is 9.97 Å². The molecule has 0 bridgehead atoms. The standard InChI is InChI=1S/C16H12N2O2/c1-10-8-14(16(19)20)18-15(17-10)13-7-6-11-4-2-3-5-12(11)9-13/h2-9H,1H3,(H,19,20). The van der Waals surface area contributed by atoms with Crippen molar-refractivity contribution in [3.8, 4) is 11.4 Å². The number of rotatable bonds is 2. The minimum absolute atomic E-state index is 0.0145. The molecule has 0 amide bonds. The number of carbonyl (C=O) groups is 1. The molecule has 0 aliphatic heterocycles. The van der Waals surface area contributed by atoms with E-state index in [1.165, 1.54) is 6.07 Å². The van der Waals surface area contributed by atoms with Crippen LogP contribution in [0.3, 0.4) is 0 Å². The van der Waals surface area contributed by atoms with Gasteiger partial charge in [-0.15, -0.1) is 0 Å². The van der Waals surface area contributed by atoms with E-state index in [4.69, 9.17) is 5.11 Å². The lowest BCUT2D eigenvalue weighted by molar-refractivity contribution is 0.0690. The number of carboxylic acids is 1. The van der Waals surface area contributed by atoms with E-state index >= 15 is 0 Å². The van der Waals surface area contributed by atoms with Gasteiger partial charge in [0.25, 0.3) is 0 Å². The fraction of sp³-hybridized carbons (Fsp3) is 0.0625. The lowest BCUT2D eigenvalue weighted by Gasteiger charge is -2.05. The molecule has 0 saturated carbocycles. The highest BCUT2D eigenvalue weighted by Crippen LogP contribution is 2.22. The number of carboxylic acid groups (broad SMARTS) is 1. The van der Waals surface area contributed by atoms with Crippen LogP contribution in [0, 0.1) is 6.92 Å². The van der Waals surface area contributed by atoms with Crippen LogP contribution in [0.1, 0.15) is 16.2 Å². The molecule has 0 unspecified atom stereocenters. The van der Waals surface area contributed by atoms with Gasteiger partial charge in [-0.1, -0.05) is 36.4 Å². The molecule has 4 nitrogen and oxygen atoms in total. The number of aromatic carboxylic acids is 1. The summed E-state index contributed by atoms with van der Waals surface area (Å²) in [5.41, 5.74) is 1.47. The molecule has 1 aromatic heterocycles. The molecule has 2 aromatic carbocycles. The van der Waals surface area contributed by atoms with Crippen LogP contribution in [0.4, 0.5) is 0 Å². The molecule has 3 rings (SSSR count). The highest BCUT2D eigenvalue weighted by atomic mass is 16.4.